The Kier molecular flexibility index (Phi) is 4.86. The van der Waals surface area contributed by atoms with Gasteiger partial charge in [0.05, 0.1) is 5.36 Å². The summed E-state index contributed by atoms with van der Waals surface area (Å²) >= 11 is 0. The van der Waals surface area contributed by atoms with E-state index in [9.17, 15) is 0 Å². The van der Waals surface area contributed by atoms with Crippen LogP contribution in [-0.4, -0.2) is 23.1 Å². The molecule has 0 saturated carbocycles. The van der Waals surface area contributed by atoms with Gasteiger partial charge in [0.2, 0.25) is 0 Å². The minimum Gasteiger partial charge on any atom is -0.453 e. The van der Waals surface area contributed by atoms with Crippen LogP contribution in [0.2, 0.25) is 0 Å². The van der Waals surface area contributed by atoms with Crippen LogP contribution in [0.25, 0.3) is 33.3 Å². The van der Waals surface area contributed by atoms with Crippen molar-refractivity contribution >= 4 is 33.4 Å². The van der Waals surface area contributed by atoms with Gasteiger partial charge < -0.3 is 9.32 Å². The van der Waals surface area contributed by atoms with Gasteiger partial charge in [-0.3, -0.25) is 0 Å². The minimum absolute atomic E-state index is 0.669. The lowest BCUT2D eigenvalue weighted by Crippen LogP contribution is -2.21. The maximum Gasteiger partial charge on any atom is 0.155 e. The number of benzene rings is 3. The summed E-state index contributed by atoms with van der Waals surface area (Å²) in [5.74, 6) is 1.39. The van der Waals surface area contributed by atoms with Crippen molar-refractivity contribution in [3.8, 4) is 11.5 Å². The first kappa shape index (κ1) is 19.2. The van der Waals surface area contributed by atoms with Crippen LogP contribution in [0.15, 0.2) is 76.3 Å². The second-order valence-corrected chi connectivity index (χ2v) is 7.63. The molecule has 154 valence electrons. The average molecular weight is 409 g/mol. The summed E-state index contributed by atoms with van der Waals surface area (Å²) in [6.45, 7) is 8.29. The van der Waals surface area contributed by atoms with Crippen molar-refractivity contribution < 1.29 is 4.42 Å². The molecular formula is C26H24N4O. The van der Waals surface area contributed by atoms with E-state index in [0.717, 1.165) is 57.5 Å². The summed E-state index contributed by atoms with van der Waals surface area (Å²) in [7, 11) is 0. The Hall–Kier alpha value is -3.73. The normalized spacial score (nSPS) is 12.2. The van der Waals surface area contributed by atoms with Gasteiger partial charge in [-0.15, -0.1) is 0 Å². The molecule has 1 aliphatic heterocycles. The Morgan fingerprint density at radius 1 is 0.935 bits per heavy atom. The fourth-order valence-corrected chi connectivity index (χ4v) is 4.01. The van der Waals surface area contributed by atoms with Crippen LogP contribution in [0.4, 0.5) is 11.5 Å². The summed E-state index contributed by atoms with van der Waals surface area (Å²) < 4.78 is 6.37. The summed E-state index contributed by atoms with van der Waals surface area (Å²) in [6.07, 6.45) is 1.75. The molecule has 0 unspecified atom stereocenters. The Morgan fingerprint density at radius 2 is 1.81 bits per heavy atom. The molecular weight excluding hydrogens is 384 g/mol. The lowest BCUT2D eigenvalue weighted by atomic mass is 10.0. The molecule has 2 aliphatic rings. The number of fused-ring (bicyclic) bond motifs is 4. The molecule has 31 heavy (non-hydrogen) atoms. The van der Waals surface area contributed by atoms with Gasteiger partial charge in [-0.1, -0.05) is 23.8 Å². The zero-order valence-electron chi connectivity index (χ0n) is 18.0. The molecule has 0 bridgehead atoms. The molecule has 2 aromatic carbocycles. The molecule has 0 fully saturated rings. The van der Waals surface area contributed by atoms with Crippen molar-refractivity contribution in [2.45, 2.75) is 20.8 Å². The first-order chi connectivity index (χ1) is 15.2. The second kappa shape index (κ2) is 7.84. The third-order valence-corrected chi connectivity index (χ3v) is 5.62. The Bertz CT molecular complexity index is 1420. The van der Waals surface area contributed by atoms with Gasteiger partial charge in [-0.2, -0.15) is 0 Å². The average Bonchev–Trinajstić information content (AvgIpc) is 2.79. The molecule has 0 saturated heterocycles. The van der Waals surface area contributed by atoms with Crippen LogP contribution in [0.3, 0.4) is 0 Å². The quantitative estimate of drug-likeness (QED) is 0.276. The molecule has 1 aromatic heterocycles. The van der Waals surface area contributed by atoms with E-state index in [-0.39, 0.29) is 0 Å². The van der Waals surface area contributed by atoms with Crippen LogP contribution in [-0.2, 0) is 0 Å². The summed E-state index contributed by atoms with van der Waals surface area (Å²) in [5.41, 5.74) is 4.77. The number of nitrogens with zero attached hydrogens (tertiary/aromatic N) is 4. The highest BCUT2D eigenvalue weighted by Crippen LogP contribution is 2.32. The van der Waals surface area contributed by atoms with Gasteiger partial charge in [0.25, 0.3) is 0 Å². The van der Waals surface area contributed by atoms with E-state index < -0.39 is 0 Å². The minimum atomic E-state index is 0.669. The van der Waals surface area contributed by atoms with Crippen LogP contribution >= 0.6 is 0 Å². The zero-order valence-corrected chi connectivity index (χ0v) is 18.0. The van der Waals surface area contributed by atoms with Gasteiger partial charge in [0.15, 0.2) is 17.2 Å². The number of aryl methyl sites for hydroxylation is 1. The zero-order chi connectivity index (χ0) is 21.4. The summed E-state index contributed by atoms with van der Waals surface area (Å²) in [4.78, 5) is 16.4. The highest BCUT2D eigenvalue weighted by Gasteiger charge is 2.16. The van der Waals surface area contributed by atoms with E-state index in [1.54, 1.807) is 6.20 Å². The Balaban J connectivity index is 1.82. The lowest BCUT2D eigenvalue weighted by Gasteiger charge is -2.21. The highest BCUT2D eigenvalue weighted by atomic mass is 16.3. The standard InChI is InChI=1S/C26H24N4O/c1-4-30(5-2)18-10-12-21-23(15-18)31-24-16-22(28-25-8-6-7-13-27-25)20-14-17(3)9-11-19(20)26(24)29-21/h6-16H,4-5H2,1-3H3/b28-22-. The first-order valence-corrected chi connectivity index (χ1v) is 10.6. The van der Waals surface area contributed by atoms with Crippen LogP contribution in [0, 0.1) is 6.92 Å². The number of pyridine rings is 1. The van der Waals surface area contributed by atoms with Crippen molar-refractivity contribution in [1.82, 2.24) is 9.97 Å². The number of rotatable bonds is 4. The van der Waals surface area contributed by atoms with Crippen molar-refractivity contribution in [2.75, 3.05) is 18.0 Å². The predicted octanol–water partition coefficient (Wildman–Crippen LogP) is 5.87. The molecule has 0 atom stereocenters. The van der Waals surface area contributed by atoms with E-state index in [1.165, 1.54) is 5.56 Å². The van der Waals surface area contributed by atoms with Gasteiger partial charge in [-0.05, 0) is 51.1 Å². The Morgan fingerprint density at radius 3 is 2.58 bits per heavy atom. The van der Waals surface area contributed by atoms with E-state index >= 15 is 0 Å². The number of hydrogen-bond donors (Lipinski definition) is 0. The van der Waals surface area contributed by atoms with Crippen molar-refractivity contribution in [2.24, 2.45) is 4.99 Å². The topological polar surface area (TPSA) is 54.5 Å². The molecule has 2 heterocycles. The molecule has 5 nitrogen and oxygen atoms in total. The van der Waals surface area contributed by atoms with Crippen LogP contribution in [0.5, 0.6) is 0 Å². The third kappa shape index (κ3) is 3.52. The van der Waals surface area contributed by atoms with E-state index in [1.807, 2.05) is 30.3 Å². The lowest BCUT2D eigenvalue weighted by molar-refractivity contribution is 0.613. The van der Waals surface area contributed by atoms with Crippen molar-refractivity contribution in [3.05, 3.63) is 77.8 Å². The van der Waals surface area contributed by atoms with Crippen LogP contribution in [0.1, 0.15) is 19.4 Å². The smallest absolute Gasteiger partial charge is 0.155 e. The third-order valence-electron chi connectivity index (χ3n) is 5.62. The molecule has 5 heteroatoms. The number of aromatic nitrogens is 2. The van der Waals surface area contributed by atoms with Gasteiger partial charge in [-0.25, -0.2) is 15.0 Å². The summed E-state index contributed by atoms with van der Waals surface area (Å²) in [6, 6.07) is 20.3. The fraction of sp³-hybridized carbons (Fsp3) is 0.192. The van der Waals surface area contributed by atoms with Gasteiger partial charge in [0.1, 0.15) is 11.2 Å². The SMILES string of the molecule is CCN(CC)c1ccc2nc3c4ccc(C)cc4/c(=N\c4ccccn4)cc-3oc2c1. The van der Waals surface area contributed by atoms with E-state index in [0.29, 0.717) is 5.82 Å². The second-order valence-electron chi connectivity index (χ2n) is 7.63. The maximum absolute atomic E-state index is 6.37. The highest BCUT2D eigenvalue weighted by molar-refractivity contribution is 5.97. The first-order valence-electron chi connectivity index (χ1n) is 10.6. The van der Waals surface area contributed by atoms with E-state index in [2.05, 4.69) is 61.0 Å². The number of anilines is 1. The van der Waals surface area contributed by atoms with Crippen molar-refractivity contribution in [3.63, 3.8) is 0 Å². The molecule has 3 aromatic rings. The molecule has 1 aliphatic carbocycles. The van der Waals surface area contributed by atoms with Crippen molar-refractivity contribution in [1.29, 1.82) is 0 Å². The molecule has 0 spiro atoms. The number of hydrogen-bond acceptors (Lipinski definition) is 5. The fourth-order valence-electron chi connectivity index (χ4n) is 4.01. The summed E-state index contributed by atoms with van der Waals surface area (Å²) in [5, 5.41) is 2.89. The van der Waals surface area contributed by atoms with Gasteiger partial charge >= 0.3 is 0 Å². The monoisotopic (exact) mass is 408 g/mol. The van der Waals surface area contributed by atoms with Gasteiger partial charge in [0, 0.05) is 47.9 Å². The van der Waals surface area contributed by atoms with Crippen LogP contribution < -0.4 is 10.3 Å². The molecule has 5 rings (SSSR count). The van der Waals surface area contributed by atoms with E-state index in [4.69, 9.17) is 14.4 Å². The predicted molar refractivity (Wildman–Crippen MR) is 126 cm³/mol. The molecule has 0 N–H and O–H groups in total. The molecule has 0 amide bonds. The Labute approximate surface area is 181 Å². The molecule has 0 radical (unpaired) electrons. The maximum atomic E-state index is 6.37. The largest absolute Gasteiger partial charge is 0.453 e.